The van der Waals surface area contributed by atoms with Gasteiger partial charge in [-0.05, 0) is 17.7 Å². The average molecular weight is 757 g/mol. The second-order valence-electron chi connectivity index (χ2n) is 9.83. The van der Waals surface area contributed by atoms with Gasteiger partial charge < -0.3 is 20.8 Å². The summed E-state index contributed by atoms with van der Waals surface area (Å²) >= 11 is -0.872. The second kappa shape index (κ2) is 16.5. The zero-order valence-electron chi connectivity index (χ0n) is 23.9. The summed E-state index contributed by atoms with van der Waals surface area (Å²) in [5, 5.41) is 15.2. The summed E-state index contributed by atoms with van der Waals surface area (Å²) in [6.45, 7) is 1.37. The summed E-state index contributed by atoms with van der Waals surface area (Å²) in [5.74, 6) is 3.43. The van der Waals surface area contributed by atoms with Gasteiger partial charge in [0.15, 0.2) is 0 Å². The van der Waals surface area contributed by atoms with Crippen LogP contribution in [-0.2, 0) is 22.6 Å². The van der Waals surface area contributed by atoms with Crippen molar-refractivity contribution in [2.45, 2.75) is 50.9 Å². The number of rotatable bonds is 15. The molecule has 1 aliphatic rings. The summed E-state index contributed by atoms with van der Waals surface area (Å²) in [6, 6.07) is 7.78. The van der Waals surface area contributed by atoms with E-state index in [1.807, 2.05) is 0 Å². The fourth-order valence-corrected chi connectivity index (χ4v) is 5.55. The predicted molar refractivity (Wildman–Crippen MR) is 145 cm³/mol. The molecule has 0 bridgehead atoms. The first-order valence-electron chi connectivity index (χ1n) is 13.4. The molecule has 0 spiro atoms. The van der Waals surface area contributed by atoms with E-state index in [1.54, 1.807) is 6.92 Å². The van der Waals surface area contributed by atoms with Gasteiger partial charge in [0, 0.05) is 0 Å². The van der Waals surface area contributed by atoms with Crippen LogP contribution in [0.1, 0.15) is 24.5 Å². The number of nitrogens with two attached hydrogens (primary N) is 2. The molecular weight excluding hydrogens is 725 g/mol. The molecule has 0 aromatic heterocycles. The predicted octanol–water partition coefficient (Wildman–Crippen LogP) is -0.0136. The quantitative estimate of drug-likeness (QED) is 0.0657. The molecule has 3 rings (SSSR count). The van der Waals surface area contributed by atoms with Gasteiger partial charge in [0.05, 0.1) is 19.2 Å². The van der Waals surface area contributed by atoms with E-state index in [0.29, 0.717) is 3.57 Å². The first-order valence-corrected chi connectivity index (χ1v) is 16.0. The van der Waals surface area contributed by atoms with Crippen molar-refractivity contribution in [2.75, 3.05) is 17.8 Å². The molecule has 1 heterocycles. The Bertz CT molecular complexity index is 1380. The third-order valence-electron chi connectivity index (χ3n) is 6.32. The van der Waals surface area contributed by atoms with Gasteiger partial charge in [0.25, 0.3) is 0 Å². The summed E-state index contributed by atoms with van der Waals surface area (Å²) in [6.07, 6.45) is -5.61. The van der Waals surface area contributed by atoms with Crippen LogP contribution in [0.15, 0.2) is 64.8 Å². The minimum Gasteiger partial charge on any atom is -0.406 e. The Balaban J connectivity index is 1.40. The van der Waals surface area contributed by atoms with Crippen molar-refractivity contribution in [3.63, 3.8) is 0 Å². The van der Waals surface area contributed by atoms with E-state index in [0.717, 1.165) is 23.3 Å². The standard InChI is InChI=1S/C27H32F6IN8O3/c1-16-25(26(44)37-12-18-11-20(34-15-28)5-6-22(18)30)39-40-42(16)8-7-19(29)13-41(36)14-23(35)38-24(43)10-17-3-2-4-21(9-17)45-27(31,32)33/h2-6,9,11,14,16,19,25H,7-8,10,12-13,15,35-36H2,1H3,(H,37,44)(H,38,43)/q-1/b23-14+/t16?,19?,25-/m0/s1. The molecule has 3 atom stereocenters. The number of hydrogen-bond donors (Lipinski definition) is 4. The van der Waals surface area contributed by atoms with Crippen molar-refractivity contribution in [3.05, 3.63) is 75.0 Å². The molecular formula is C27H32F6IN8O3-. The monoisotopic (exact) mass is 757 g/mol. The third kappa shape index (κ3) is 11.9. The van der Waals surface area contributed by atoms with Crippen LogP contribution < -0.4 is 48.2 Å². The number of hydrogen-bond acceptors (Lipinski definition) is 9. The molecule has 2 aromatic rings. The second-order valence-corrected chi connectivity index (χ2v) is 12.4. The van der Waals surface area contributed by atoms with Crippen LogP contribution in [0.5, 0.6) is 5.75 Å². The first kappa shape index (κ1) is 35.7. The van der Waals surface area contributed by atoms with Crippen molar-refractivity contribution in [1.29, 1.82) is 0 Å². The Morgan fingerprint density at radius 1 is 1.24 bits per heavy atom. The van der Waals surface area contributed by atoms with Gasteiger partial charge in [-0.25, -0.2) is 10.2 Å². The van der Waals surface area contributed by atoms with Crippen molar-refractivity contribution in [3.8, 4) is 5.75 Å². The van der Waals surface area contributed by atoms with Crippen LogP contribution >= 0.6 is 0 Å². The number of benzene rings is 2. The molecule has 11 nitrogen and oxygen atoms in total. The van der Waals surface area contributed by atoms with Gasteiger partial charge >= 0.3 is 150 Å². The number of nitrogens with one attached hydrogen (secondary N) is 2. The van der Waals surface area contributed by atoms with Crippen molar-refractivity contribution >= 4 is 11.8 Å². The summed E-state index contributed by atoms with van der Waals surface area (Å²) < 4.78 is 82.7. The number of halogens is 7. The molecule has 0 aliphatic carbocycles. The van der Waals surface area contributed by atoms with Crippen LogP contribution in [0.3, 0.4) is 0 Å². The van der Waals surface area contributed by atoms with Crippen LogP contribution in [0, 0.1) is 9.39 Å². The van der Waals surface area contributed by atoms with Crippen molar-refractivity contribution < 1.29 is 61.9 Å². The molecule has 2 amide bonds. The number of nitrogens with zero attached hydrogens (tertiary/aromatic N) is 4. The Kier molecular flexibility index (Phi) is 13.1. The van der Waals surface area contributed by atoms with E-state index in [-0.39, 0.29) is 49.4 Å². The molecule has 6 N–H and O–H groups in total. The van der Waals surface area contributed by atoms with Crippen LogP contribution in [0.25, 0.3) is 0 Å². The Morgan fingerprint density at radius 3 is 2.71 bits per heavy atom. The molecule has 248 valence electrons. The number of alkyl halides is 6. The molecule has 2 aromatic carbocycles. The summed E-state index contributed by atoms with van der Waals surface area (Å²) in [5.41, 5.74) is 6.22. The van der Waals surface area contributed by atoms with Gasteiger partial charge in [0.1, 0.15) is 11.6 Å². The Morgan fingerprint density at radius 2 is 2.00 bits per heavy atom. The molecule has 0 fully saturated rings. The maximum atomic E-state index is 14.7. The molecule has 0 radical (unpaired) electrons. The zero-order chi connectivity index (χ0) is 33.1. The molecule has 1 aliphatic heterocycles. The van der Waals surface area contributed by atoms with Gasteiger partial charge in [-0.3, -0.25) is 4.79 Å². The minimum absolute atomic E-state index is 0.0442. The number of carbonyl (C=O) groups excluding carboxylic acids is 2. The van der Waals surface area contributed by atoms with Crippen molar-refractivity contribution in [2.24, 2.45) is 21.9 Å². The molecule has 2 unspecified atom stereocenters. The summed E-state index contributed by atoms with van der Waals surface area (Å²) in [4.78, 5) is 24.9. The van der Waals surface area contributed by atoms with E-state index in [2.05, 4.69) is 25.7 Å². The van der Waals surface area contributed by atoms with E-state index in [4.69, 9.17) is 11.6 Å². The summed E-state index contributed by atoms with van der Waals surface area (Å²) in [7, 11) is 0. The number of carbonyl (C=O) groups is 2. The first-order chi connectivity index (χ1) is 21.2. The SMILES string of the molecule is CC1[C@@H](C(=O)NCc2cc([I-]CF)ccc2F)N=NN1CCC(F)CN(N)/C=C(\N)NC(=O)Cc1cccc(OC(F)(F)F)c1. The van der Waals surface area contributed by atoms with Gasteiger partial charge in [-0.1, -0.05) is 12.1 Å². The fraction of sp³-hybridized carbons (Fsp3) is 0.407. The molecule has 0 saturated heterocycles. The fourth-order valence-electron chi connectivity index (χ4n) is 4.19. The third-order valence-corrected chi connectivity index (χ3v) is 8.16. The Hall–Kier alpha value is -3.81. The maximum absolute atomic E-state index is 14.7. The smallest absolute Gasteiger partial charge is 0.406 e. The van der Waals surface area contributed by atoms with E-state index >= 15 is 0 Å². The van der Waals surface area contributed by atoms with Crippen LogP contribution in [0.4, 0.5) is 26.3 Å². The van der Waals surface area contributed by atoms with Crippen molar-refractivity contribution in [1.82, 2.24) is 20.7 Å². The van der Waals surface area contributed by atoms with E-state index < -0.39 is 73.9 Å². The van der Waals surface area contributed by atoms with E-state index in [1.165, 1.54) is 35.3 Å². The number of ether oxygens (including phenoxy) is 1. The van der Waals surface area contributed by atoms with Gasteiger partial charge in [-0.15, -0.1) is 13.2 Å². The topological polar surface area (TPSA) is 151 Å². The van der Waals surface area contributed by atoms with Crippen LogP contribution in [-0.4, -0.2) is 64.2 Å². The Labute approximate surface area is 265 Å². The van der Waals surface area contributed by atoms with Gasteiger partial charge in [0.2, 0.25) is 5.91 Å². The minimum atomic E-state index is -4.88. The molecule has 45 heavy (non-hydrogen) atoms. The number of amides is 2. The van der Waals surface area contributed by atoms with Crippen LogP contribution in [0.2, 0.25) is 0 Å². The van der Waals surface area contributed by atoms with Gasteiger partial charge in [-0.2, -0.15) is 0 Å². The van der Waals surface area contributed by atoms with E-state index in [9.17, 15) is 35.9 Å². The average Bonchev–Trinajstić information content (AvgIpc) is 3.31. The molecule has 0 saturated carbocycles. The zero-order valence-corrected chi connectivity index (χ0v) is 26.1. The number of hydrazine groups is 1. The molecule has 18 heteroatoms. The normalized spacial score (nSPS) is 17.3.